The van der Waals surface area contributed by atoms with Crippen molar-refractivity contribution < 1.29 is 27.5 Å². The number of hydrogen-bond donors (Lipinski definition) is 1. The van der Waals surface area contributed by atoms with E-state index in [-0.39, 0.29) is 29.9 Å². The fourth-order valence-electron chi connectivity index (χ4n) is 4.10. The fourth-order valence-corrected chi connectivity index (χ4v) is 5.48. The molecule has 0 aromatic heterocycles. The average molecular weight is 601 g/mol. The molecule has 1 N–H and O–H groups in total. The predicted molar refractivity (Wildman–Crippen MR) is 153 cm³/mol. The quantitative estimate of drug-likeness (QED) is 0.381. The van der Waals surface area contributed by atoms with E-state index < -0.39 is 28.5 Å². The zero-order valence-electron chi connectivity index (χ0n) is 22.6. The zero-order valence-corrected chi connectivity index (χ0v) is 24.9. The second-order valence-electron chi connectivity index (χ2n) is 9.25. The summed E-state index contributed by atoms with van der Waals surface area (Å²) >= 11 is 12.3. The minimum absolute atomic E-state index is 0.0311. The minimum Gasteiger partial charge on any atom is -0.486 e. The first kappa shape index (κ1) is 30.8. The lowest BCUT2D eigenvalue weighted by Gasteiger charge is -2.34. The summed E-state index contributed by atoms with van der Waals surface area (Å²) in [7, 11) is -3.88. The number of anilines is 1. The van der Waals surface area contributed by atoms with E-state index in [4.69, 9.17) is 32.7 Å². The molecule has 0 fully saturated rings. The van der Waals surface area contributed by atoms with E-state index in [2.05, 4.69) is 5.32 Å². The Morgan fingerprint density at radius 1 is 0.974 bits per heavy atom. The number of ether oxygens (including phenoxy) is 2. The molecule has 1 aliphatic rings. The number of benzene rings is 2. The smallest absolute Gasteiger partial charge is 0.244 e. The molecule has 2 atom stereocenters. The van der Waals surface area contributed by atoms with Crippen molar-refractivity contribution in [1.82, 2.24) is 10.2 Å². The van der Waals surface area contributed by atoms with Crippen LogP contribution in [0.5, 0.6) is 11.5 Å². The molecule has 214 valence electrons. The van der Waals surface area contributed by atoms with Crippen LogP contribution in [0.15, 0.2) is 36.4 Å². The summed E-state index contributed by atoms with van der Waals surface area (Å²) in [6, 6.07) is 8.77. The van der Waals surface area contributed by atoms with E-state index in [0.29, 0.717) is 46.7 Å². The molecule has 0 unspecified atom stereocenters. The van der Waals surface area contributed by atoms with Crippen molar-refractivity contribution in [3.05, 3.63) is 52.0 Å². The van der Waals surface area contributed by atoms with Gasteiger partial charge in [0.25, 0.3) is 0 Å². The van der Waals surface area contributed by atoms with E-state index in [9.17, 15) is 18.0 Å². The lowest BCUT2D eigenvalue weighted by molar-refractivity contribution is -0.140. The maximum atomic E-state index is 13.9. The third-order valence-corrected chi connectivity index (χ3v) is 9.00. The van der Waals surface area contributed by atoms with Gasteiger partial charge in [0.1, 0.15) is 25.8 Å². The monoisotopic (exact) mass is 599 g/mol. The largest absolute Gasteiger partial charge is 0.486 e. The highest BCUT2D eigenvalue weighted by Gasteiger charge is 2.33. The van der Waals surface area contributed by atoms with Gasteiger partial charge in [-0.2, -0.15) is 0 Å². The van der Waals surface area contributed by atoms with Gasteiger partial charge in [-0.15, -0.1) is 0 Å². The number of carbonyl (C=O) groups is 2. The van der Waals surface area contributed by atoms with Crippen LogP contribution in [0.25, 0.3) is 0 Å². The summed E-state index contributed by atoms with van der Waals surface area (Å²) in [6.07, 6.45) is 1.04. The predicted octanol–water partition coefficient (Wildman–Crippen LogP) is 4.64. The molecule has 0 saturated carbocycles. The van der Waals surface area contributed by atoms with Gasteiger partial charge in [-0.3, -0.25) is 13.9 Å². The molecule has 1 heterocycles. The molecular formula is C27H35Cl2N3O6S. The average Bonchev–Trinajstić information content (AvgIpc) is 2.92. The van der Waals surface area contributed by atoms with Crippen LogP contribution in [0.4, 0.5) is 5.69 Å². The summed E-state index contributed by atoms with van der Waals surface area (Å²) in [4.78, 5) is 28.6. The Bertz CT molecular complexity index is 1290. The van der Waals surface area contributed by atoms with Crippen molar-refractivity contribution in [2.45, 2.75) is 59.2 Å². The third-order valence-electron chi connectivity index (χ3n) is 6.52. The van der Waals surface area contributed by atoms with Gasteiger partial charge in [-0.25, -0.2) is 8.42 Å². The summed E-state index contributed by atoms with van der Waals surface area (Å²) < 4.78 is 38.6. The van der Waals surface area contributed by atoms with Gasteiger partial charge in [0.2, 0.25) is 21.8 Å². The topological polar surface area (TPSA) is 105 Å². The molecule has 0 aliphatic carbocycles. The molecule has 1 aliphatic heterocycles. The number of fused-ring (bicyclic) bond motifs is 1. The second kappa shape index (κ2) is 13.6. The van der Waals surface area contributed by atoms with Gasteiger partial charge in [0.15, 0.2) is 11.5 Å². The van der Waals surface area contributed by atoms with Crippen LogP contribution in [0.3, 0.4) is 0 Å². The van der Waals surface area contributed by atoms with Crippen molar-refractivity contribution in [2.24, 2.45) is 0 Å². The highest BCUT2D eigenvalue weighted by atomic mass is 35.5. The van der Waals surface area contributed by atoms with Crippen molar-refractivity contribution in [3.8, 4) is 11.5 Å². The van der Waals surface area contributed by atoms with Gasteiger partial charge in [0, 0.05) is 18.7 Å². The second-order valence-corrected chi connectivity index (χ2v) is 12.2. The maximum absolute atomic E-state index is 13.9. The van der Waals surface area contributed by atoms with E-state index >= 15 is 0 Å². The molecule has 2 amide bonds. The molecule has 9 nitrogen and oxygen atoms in total. The first-order chi connectivity index (χ1) is 18.5. The molecule has 12 heteroatoms. The number of amides is 2. The lowest BCUT2D eigenvalue weighted by Crippen LogP contribution is -2.53. The van der Waals surface area contributed by atoms with E-state index in [1.807, 2.05) is 13.8 Å². The number of nitrogens with zero attached hydrogens (tertiary/aromatic N) is 2. The van der Waals surface area contributed by atoms with Crippen LogP contribution in [0.2, 0.25) is 10.0 Å². The lowest BCUT2D eigenvalue weighted by atomic mass is 10.1. The molecule has 0 bridgehead atoms. The first-order valence-electron chi connectivity index (χ1n) is 12.9. The van der Waals surface area contributed by atoms with Gasteiger partial charge >= 0.3 is 0 Å². The summed E-state index contributed by atoms with van der Waals surface area (Å²) in [5.74, 6) is -0.190. The minimum atomic E-state index is -3.88. The van der Waals surface area contributed by atoms with Crippen LogP contribution < -0.4 is 19.1 Å². The van der Waals surface area contributed by atoms with Crippen molar-refractivity contribution >= 4 is 50.7 Å². The van der Waals surface area contributed by atoms with Gasteiger partial charge in [-0.1, -0.05) is 43.1 Å². The Morgan fingerprint density at radius 2 is 1.67 bits per heavy atom. The normalized spacial score (nSPS) is 14.3. The third kappa shape index (κ3) is 7.70. The molecule has 0 radical (unpaired) electrons. The number of rotatable bonds is 12. The number of sulfonamides is 1. The fraction of sp³-hybridized carbons (Fsp3) is 0.481. The zero-order chi connectivity index (χ0) is 28.7. The molecule has 2 aromatic carbocycles. The van der Waals surface area contributed by atoms with Gasteiger partial charge in [0.05, 0.1) is 21.5 Å². The molecule has 39 heavy (non-hydrogen) atoms. The van der Waals surface area contributed by atoms with E-state index in [1.54, 1.807) is 43.3 Å². The first-order valence-corrected chi connectivity index (χ1v) is 15.3. The van der Waals surface area contributed by atoms with E-state index in [1.165, 1.54) is 11.8 Å². The highest BCUT2D eigenvalue weighted by molar-refractivity contribution is 7.92. The Labute approximate surface area is 240 Å². The Morgan fingerprint density at radius 3 is 2.28 bits per heavy atom. The Kier molecular flexibility index (Phi) is 10.7. The molecule has 2 aromatic rings. The van der Waals surface area contributed by atoms with E-state index in [0.717, 1.165) is 10.7 Å². The van der Waals surface area contributed by atoms with Crippen LogP contribution >= 0.6 is 23.2 Å². The van der Waals surface area contributed by atoms with Crippen molar-refractivity contribution in [1.29, 1.82) is 0 Å². The molecule has 3 rings (SSSR count). The summed E-state index contributed by atoms with van der Waals surface area (Å²) in [6.45, 7) is 7.38. The van der Waals surface area contributed by atoms with Crippen LogP contribution in [-0.4, -0.2) is 62.7 Å². The van der Waals surface area contributed by atoms with Crippen LogP contribution in [0.1, 0.15) is 46.1 Å². The SMILES string of the molecule is CC[C@@H](C)NC(=O)[C@H](CC)N(Cc1ccc(Cl)c(Cl)c1)C(=O)CN(c1ccc2c(c1)OCCO2)S(=O)(=O)CC. The summed E-state index contributed by atoms with van der Waals surface area (Å²) in [5, 5.41) is 3.61. The number of halogens is 2. The Hall–Kier alpha value is -2.69. The van der Waals surface area contributed by atoms with Crippen molar-refractivity contribution in [3.63, 3.8) is 0 Å². The molecule has 0 spiro atoms. The number of nitrogens with one attached hydrogen (secondary N) is 1. The summed E-state index contributed by atoms with van der Waals surface area (Å²) in [5.41, 5.74) is 0.915. The van der Waals surface area contributed by atoms with Crippen molar-refractivity contribution in [2.75, 3.05) is 29.8 Å². The highest BCUT2D eigenvalue weighted by Crippen LogP contribution is 2.35. The molecule has 0 saturated heterocycles. The Balaban J connectivity index is 2.00. The van der Waals surface area contributed by atoms with Crippen LogP contribution in [-0.2, 0) is 26.2 Å². The van der Waals surface area contributed by atoms with Crippen LogP contribution in [0, 0.1) is 0 Å². The van der Waals surface area contributed by atoms with Gasteiger partial charge < -0.3 is 19.7 Å². The standard InChI is InChI=1S/C27H35Cl2N3O6S/c1-5-18(4)30-27(34)23(6-2)31(16-19-8-10-21(28)22(29)14-19)26(33)17-32(39(35,36)7-3)20-9-11-24-25(15-20)38-13-12-37-24/h8-11,14-15,18,23H,5-7,12-13,16-17H2,1-4H3,(H,30,34)/t18-,23+/m1/s1. The number of carbonyl (C=O) groups excluding carboxylic acids is 2. The maximum Gasteiger partial charge on any atom is 0.244 e. The van der Waals surface area contributed by atoms with Gasteiger partial charge in [-0.05, 0) is 56.5 Å². The number of hydrogen-bond acceptors (Lipinski definition) is 6. The molecular weight excluding hydrogens is 565 g/mol.